The Morgan fingerprint density at radius 1 is 1.44 bits per heavy atom. The van der Waals surface area contributed by atoms with Gasteiger partial charge in [-0.2, -0.15) is 0 Å². The van der Waals surface area contributed by atoms with Gasteiger partial charge in [-0.3, -0.25) is 9.69 Å². The molecule has 3 rings (SSSR count). The fraction of sp³-hybridized carbons (Fsp3) is 0.462. The molecule has 2 aliphatic rings. The third-order valence-corrected chi connectivity index (χ3v) is 3.49. The number of phenolic OH excluding ortho intramolecular Hbond substituents is 1. The summed E-state index contributed by atoms with van der Waals surface area (Å²) in [5.74, 6) is 0.0239. The van der Waals surface area contributed by atoms with Crippen molar-refractivity contribution in [2.75, 3.05) is 13.2 Å². The smallest absolute Gasteiger partial charge is 0.317 e. The van der Waals surface area contributed by atoms with Gasteiger partial charge in [-0.05, 0) is 25.0 Å². The molecule has 96 valence electrons. The van der Waals surface area contributed by atoms with Crippen molar-refractivity contribution in [2.45, 2.75) is 24.9 Å². The van der Waals surface area contributed by atoms with Crippen LogP contribution in [0, 0.1) is 0 Å². The van der Waals surface area contributed by atoms with E-state index >= 15 is 0 Å². The molecule has 1 atom stereocenters. The Morgan fingerprint density at radius 2 is 2.22 bits per heavy atom. The highest BCUT2D eigenvalue weighted by Crippen LogP contribution is 2.42. The summed E-state index contributed by atoms with van der Waals surface area (Å²) in [5, 5.41) is 18.4. The van der Waals surface area contributed by atoms with E-state index in [1.807, 2.05) is 11.0 Å². The number of aliphatic carboxylic acids is 1. The summed E-state index contributed by atoms with van der Waals surface area (Å²) in [4.78, 5) is 12.9. The summed E-state index contributed by atoms with van der Waals surface area (Å²) in [6.45, 7) is 0.502. The molecule has 1 aliphatic heterocycles. The highest BCUT2D eigenvalue weighted by molar-refractivity contribution is 5.69. The number of carboxylic acid groups (broad SMARTS) is 1. The Morgan fingerprint density at radius 3 is 2.89 bits per heavy atom. The minimum atomic E-state index is -0.811. The molecule has 1 heterocycles. The van der Waals surface area contributed by atoms with E-state index in [0.29, 0.717) is 18.4 Å². The number of ether oxygens (including phenoxy) is 1. The first-order chi connectivity index (χ1) is 8.65. The van der Waals surface area contributed by atoms with Gasteiger partial charge in [0.25, 0.3) is 0 Å². The van der Waals surface area contributed by atoms with Gasteiger partial charge in [-0.25, -0.2) is 0 Å². The van der Waals surface area contributed by atoms with Crippen LogP contribution in [0.25, 0.3) is 0 Å². The quantitative estimate of drug-likeness (QED) is 0.843. The van der Waals surface area contributed by atoms with Gasteiger partial charge < -0.3 is 14.9 Å². The average Bonchev–Trinajstić information content (AvgIpc) is 3.07. The summed E-state index contributed by atoms with van der Waals surface area (Å²) in [6, 6.07) is 5.37. The summed E-state index contributed by atoms with van der Waals surface area (Å²) < 4.78 is 5.54. The summed E-state index contributed by atoms with van der Waals surface area (Å²) >= 11 is 0. The van der Waals surface area contributed by atoms with Crippen molar-refractivity contribution in [1.29, 1.82) is 0 Å². The van der Waals surface area contributed by atoms with E-state index in [0.717, 1.165) is 18.4 Å². The fourth-order valence-electron chi connectivity index (χ4n) is 2.51. The van der Waals surface area contributed by atoms with Crippen LogP contribution in [0.1, 0.15) is 24.4 Å². The molecular weight excluding hydrogens is 234 g/mol. The SMILES string of the molecule is O=C(O)CN(C1CC1)C1COc2cc(O)ccc21. The molecule has 1 aromatic carbocycles. The maximum Gasteiger partial charge on any atom is 0.317 e. The lowest BCUT2D eigenvalue weighted by Crippen LogP contribution is -2.36. The number of benzene rings is 1. The maximum absolute atomic E-state index is 10.9. The Labute approximate surface area is 105 Å². The molecule has 0 radical (unpaired) electrons. The molecule has 5 nitrogen and oxygen atoms in total. The van der Waals surface area contributed by atoms with Crippen LogP contribution >= 0.6 is 0 Å². The molecule has 0 saturated heterocycles. The van der Waals surface area contributed by atoms with Crippen molar-refractivity contribution in [3.8, 4) is 11.5 Å². The number of hydrogen-bond donors (Lipinski definition) is 2. The van der Waals surface area contributed by atoms with Gasteiger partial charge in [-0.1, -0.05) is 0 Å². The van der Waals surface area contributed by atoms with E-state index in [1.54, 1.807) is 12.1 Å². The molecule has 1 fully saturated rings. The topological polar surface area (TPSA) is 70.0 Å². The van der Waals surface area contributed by atoms with Crippen LogP contribution in [-0.4, -0.2) is 40.3 Å². The van der Waals surface area contributed by atoms with Crippen LogP contribution < -0.4 is 4.74 Å². The van der Waals surface area contributed by atoms with Gasteiger partial charge >= 0.3 is 5.97 Å². The number of rotatable bonds is 4. The van der Waals surface area contributed by atoms with E-state index in [2.05, 4.69) is 0 Å². The second-order valence-corrected chi connectivity index (χ2v) is 4.85. The lowest BCUT2D eigenvalue weighted by Gasteiger charge is -2.26. The first kappa shape index (κ1) is 11.3. The molecule has 1 aliphatic carbocycles. The molecule has 0 aromatic heterocycles. The second-order valence-electron chi connectivity index (χ2n) is 4.85. The van der Waals surface area contributed by atoms with E-state index in [-0.39, 0.29) is 18.3 Å². The van der Waals surface area contributed by atoms with Crippen molar-refractivity contribution in [1.82, 2.24) is 4.90 Å². The van der Waals surface area contributed by atoms with Crippen LogP contribution in [0.5, 0.6) is 11.5 Å². The van der Waals surface area contributed by atoms with E-state index < -0.39 is 5.97 Å². The summed E-state index contributed by atoms with van der Waals surface area (Å²) in [5.41, 5.74) is 0.973. The monoisotopic (exact) mass is 249 g/mol. The lowest BCUT2D eigenvalue weighted by molar-refractivity contribution is -0.139. The van der Waals surface area contributed by atoms with Crippen molar-refractivity contribution in [3.63, 3.8) is 0 Å². The zero-order valence-electron chi connectivity index (χ0n) is 9.87. The Hall–Kier alpha value is -1.75. The maximum atomic E-state index is 10.9. The molecule has 0 spiro atoms. The number of hydrogen-bond acceptors (Lipinski definition) is 4. The summed E-state index contributed by atoms with van der Waals surface area (Å²) in [7, 11) is 0. The molecule has 1 aromatic rings. The van der Waals surface area contributed by atoms with E-state index in [4.69, 9.17) is 9.84 Å². The highest BCUT2D eigenvalue weighted by atomic mass is 16.5. The second kappa shape index (κ2) is 4.17. The number of aromatic hydroxyl groups is 1. The van der Waals surface area contributed by atoms with Gasteiger partial charge in [0.2, 0.25) is 0 Å². The predicted octanol–water partition coefficient (Wildman–Crippen LogP) is 1.37. The van der Waals surface area contributed by atoms with Gasteiger partial charge in [0, 0.05) is 17.7 Å². The van der Waals surface area contributed by atoms with Crippen LogP contribution in [-0.2, 0) is 4.79 Å². The average molecular weight is 249 g/mol. The van der Waals surface area contributed by atoms with Crippen molar-refractivity contribution in [2.24, 2.45) is 0 Å². The highest BCUT2D eigenvalue weighted by Gasteiger charge is 2.39. The molecule has 0 amide bonds. The number of carbonyl (C=O) groups is 1. The predicted molar refractivity (Wildman–Crippen MR) is 63.7 cm³/mol. The number of carboxylic acids is 1. The van der Waals surface area contributed by atoms with Gasteiger partial charge in [0.1, 0.15) is 18.1 Å². The van der Waals surface area contributed by atoms with Crippen LogP contribution in [0.15, 0.2) is 18.2 Å². The lowest BCUT2D eigenvalue weighted by atomic mass is 10.1. The van der Waals surface area contributed by atoms with Crippen molar-refractivity contribution < 1.29 is 19.7 Å². The third-order valence-electron chi connectivity index (χ3n) is 3.49. The molecule has 5 heteroatoms. The molecule has 2 N–H and O–H groups in total. The van der Waals surface area contributed by atoms with E-state index in [9.17, 15) is 9.90 Å². The molecule has 18 heavy (non-hydrogen) atoms. The van der Waals surface area contributed by atoms with Crippen LogP contribution in [0.2, 0.25) is 0 Å². The zero-order chi connectivity index (χ0) is 12.7. The minimum absolute atomic E-state index is 0.0100. The van der Waals surface area contributed by atoms with Gasteiger partial charge in [0.05, 0.1) is 12.6 Å². The molecule has 1 saturated carbocycles. The van der Waals surface area contributed by atoms with Crippen LogP contribution in [0.3, 0.4) is 0 Å². The first-order valence-electron chi connectivity index (χ1n) is 6.08. The van der Waals surface area contributed by atoms with E-state index in [1.165, 1.54) is 0 Å². The largest absolute Gasteiger partial charge is 0.508 e. The minimum Gasteiger partial charge on any atom is -0.508 e. The standard InChI is InChI=1S/C13H15NO4/c15-9-3-4-10-11(7-18-12(10)5-9)14(6-13(16)17)8-1-2-8/h3-5,8,11,15H,1-2,6-7H2,(H,16,17). The Bertz CT molecular complexity index is 484. The molecule has 1 unspecified atom stereocenters. The van der Waals surface area contributed by atoms with Crippen LogP contribution in [0.4, 0.5) is 0 Å². The number of fused-ring (bicyclic) bond motifs is 1. The number of phenols is 1. The van der Waals surface area contributed by atoms with Gasteiger partial charge in [0.15, 0.2) is 0 Å². The van der Waals surface area contributed by atoms with Crippen molar-refractivity contribution in [3.05, 3.63) is 23.8 Å². The van der Waals surface area contributed by atoms with Gasteiger partial charge in [-0.15, -0.1) is 0 Å². The molecular formula is C13H15NO4. The Balaban J connectivity index is 1.87. The Kier molecular flexibility index (Phi) is 2.63. The first-order valence-corrected chi connectivity index (χ1v) is 6.08. The summed E-state index contributed by atoms with van der Waals surface area (Å²) in [6.07, 6.45) is 2.11. The third kappa shape index (κ3) is 2.01. The fourth-order valence-corrected chi connectivity index (χ4v) is 2.51. The zero-order valence-corrected chi connectivity index (χ0v) is 9.87. The van der Waals surface area contributed by atoms with Crippen molar-refractivity contribution >= 4 is 5.97 Å². The normalized spacial score (nSPS) is 21.7. The molecule has 0 bridgehead atoms. The number of nitrogens with zero attached hydrogens (tertiary/aromatic N) is 1.